The predicted molar refractivity (Wildman–Crippen MR) is 95.7 cm³/mol. The van der Waals surface area contributed by atoms with Crippen LogP contribution in [-0.2, 0) is 11.3 Å². The first-order chi connectivity index (χ1) is 13.0. The van der Waals surface area contributed by atoms with Crippen LogP contribution >= 0.6 is 11.6 Å². The van der Waals surface area contributed by atoms with E-state index in [0.717, 1.165) is 18.5 Å². The number of carboxylic acids is 1. The number of amides is 1. The molecule has 1 aliphatic heterocycles. The van der Waals surface area contributed by atoms with Crippen molar-refractivity contribution in [3.05, 3.63) is 47.3 Å². The molecule has 0 radical (unpaired) electrons. The summed E-state index contributed by atoms with van der Waals surface area (Å²) in [5, 5.41) is 13.6. The molecule has 1 atom stereocenters. The zero-order valence-corrected chi connectivity index (χ0v) is 15.1. The number of carboxylic acid groups (broad SMARTS) is 1. The lowest BCUT2D eigenvalue weighted by molar-refractivity contribution is -0.137. The van der Waals surface area contributed by atoms with E-state index < -0.39 is 5.97 Å². The number of hydrogen-bond donors (Lipinski definition) is 1. The molecule has 1 saturated heterocycles. The van der Waals surface area contributed by atoms with Gasteiger partial charge in [0.15, 0.2) is 0 Å². The van der Waals surface area contributed by atoms with Crippen LogP contribution in [0, 0.1) is 0 Å². The largest absolute Gasteiger partial charge is 0.480 e. The fraction of sp³-hybridized carbons (Fsp3) is 0.353. The third-order valence-electron chi connectivity index (χ3n) is 4.66. The molecule has 4 heterocycles. The van der Waals surface area contributed by atoms with E-state index in [1.54, 1.807) is 27.9 Å². The number of carbonyl (C=O) groups is 2. The van der Waals surface area contributed by atoms with Gasteiger partial charge in [-0.2, -0.15) is 5.10 Å². The number of imidazole rings is 1. The number of likely N-dealkylation sites (tertiary alicyclic amines) is 1. The molecule has 9 nitrogen and oxygen atoms in total. The zero-order valence-electron chi connectivity index (χ0n) is 14.3. The maximum atomic E-state index is 12.9. The molecule has 27 heavy (non-hydrogen) atoms. The molecule has 1 N–H and O–H groups in total. The Kier molecular flexibility index (Phi) is 4.53. The summed E-state index contributed by atoms with van der Waals surface area (Å²) in [6, 6.07) is 1.82. The normalized spacial score (nSPS) is 17.4. The first kappa shape index (κ1) is 17.5. The number of piperidine rings is 1. The quantitative estimate of drug-likeness (QED) is 0.729. The molecular formula is C17H17ClN6O3. The molecule has 3 aromatic rings. The van der Waals surface area contributed by atoms with E-state index in [4.69, 9.17) is 16.7 Å². The van der Waals surface area contributed by atoms with Crippen molar-refractivity contribution in [2.75, 3.05) is 13.1 Å². The standard InChI is InChI=1S/C17H17ClN6O3/c18-12-6-19-17-21-13(9-23(17)8-12)16(27)22-5-1-2-11(7-22)14-3-4-20-24(14)10-15(25)26/h3-4,6,8-9,11H,1-2,5,7,10H2,(H,25,26). The zero-order chi connectivity index (χ0) is 19.0. The van der Waals surface area contributed by atoms with Crippen LogP contribution in [0.25, 0.3) is 5.78 Å². The number of fused-ring (bicyclic) bond motifs is 1. The summed E-state index contributed by atoms with van der Waals surface area (Å²) < 4.78 is 3.11. The van der Waals surface area contributed by atoms with Crippen molar-refractivity contribution in [2.24, 2.45) is 0 Å². The number of halogens is 1. The molecule has 0 aromatic carbocycles. The Bertz CT molecular complexity index is 1010. The molecule has 0 bridgehead atoms. The van der Waals surface area contributed by atoms with Crippen LogP contribution in [0.1, 0.15) is 34.9 Å². The van der Waals surface area contributed by atoms with E-state index in [2.05, 4.69) is 15.1 Å². The van der Waals surface area contributed by atoms with Gasteiger partial charge in [-0.25, -0.2) is 9.97 Å². The Morgan fingerprint density at radius 1 is 1.33 bits per heavy atom. The van der Waals surface area contributed by atoms with Crippen molar-refractivity contribution >= 4 is 29.3 Å². The Morgan fingerprint density at radius 3 is 3.00 bits per heavy atom. The Balaban J connectivity index is 1.54. The van der Waals surface area contributed by atoms with Crippen LogP contribution in [0.3, 0.4) is 0 Å². The highest BCUT2D eigenvalue weighted by Gasteiger charge is 2.29. The molecule has 0 aliphatic carbocycles. The van der Waals surface area contributed by atoms with Gasteiger partial charge in [0, 0.05) is 43.3 Å². The first-order valence-electron chi connectivity index (χ1n) is 8.54. The molecule has 4 rings (SSSR count). The van der Waals surface area contributed by atoms with Crippen molar-refractivity contribution < 1.29 is 14.7 Å². The highest BCUT2D eigenvalue weighted by Crippen LogP contribution is 2.27. The Morgan fingerprint density at radius 2 is 2.19 bits per heavy atom. The number of rotatable bonds is 4. The van der Waals surface area contributed by atoms with Crippen LogP contribution in [-0.4, -0.2) is 59.1 Å². The van der Waals surface area contributed by atoms with Crippen LogP contribution < -0.4 is 0 Å². The molecule has 3 aromatic heterocycles. The van der Waals surface area contributed by atoms with E-state index >= 15 is 0 Å². The monoisotopic (exact) mass is 388 g/mol. The molecule has 10 heteroatoms. The average molecular weight is 389 g/mol. The highest BCUT2D eigenvalue weighted by molar-refractivity contribution is 6.30. The summed E-state index contributed by atoms with van der Waals surface area (Å²) in [6.45, 7) is 0.933. The van der Waals surface area contributed by atoms with Gasteiger partial charge in [-0.1, -0.05) is 11.6 Å². The summed E-state index contributed by atoms with van der Waals surface area (Å²) in [4.78, 5) is 34.1. The Labute approximate surface area is 159 Å². The molecule has 0 spiro atoms. The minimum Gasteiger partial charge on any atom is -0.480 e. The average Bonchev–Trinajstić information content (AvgIpc) is 3.27. The predicted octanol–water partition coefficient (Wildman–Crippen LogP) is 1.68. The molecule has 1 aliphatic rings. The fourth-order valence-corrected chi connectivity index (χ4v) is 3.63. The van der Waals surface area contributed by atoms with Crippen LogP contribution in [0.5, 0.6) is 0 Å². The van der Waals surface area contributed by atoms with Gasteiger partial charge in [-0.3, -0.25) is 18.7 Å². The lowest BCUT2D eigenvalue weighted by atomic mass is 9.94. The minimum absolute atomic E-state index is 0.0363. The third kappa shape index (κ3) is 3.50. The maximum Gasteiger partial charge on any atom is 0.325 e. The molecule has 1 amide bonds. The maximum absolute atomic E-state index is 12.9. The van der Waals surface area contributed by atoms with Crippen molar-refractivity contribution in [1.82, 2.24) is 29.0 Å². The SMILES string of the molecule is O=C(O)Cn1nccc1C1CCCN(C(=O)c2cn3cc(Cl)cnc3n2)C1. The smallest absolute Gasteiger partial charge is 0.325 e. The van der Waals surface area contributed by atoms with Crippen molar-refractivity contribution in [1.29, 1.82) is 0 Å². The van der Waals surface area contributed by atoms with Gasteiger partial charge in [0.1, 0.15) is 12.2 Å². The third-order valence-corrected chi connectivity index (χ3v) is 4.85. The van der Waals surface area contributed by atoms with Crippen LogP contribution in [0.2, 0.25) is 5.02 Å². The molecule has 1 unspecified atom stereocenters. The van der Waals surface area contributed by atoms with Gasteiger partial charge in [0.05, 0.1) is 11.2 Å². The van der Waals surface area contributed by atoms with E-state index in [0.29, 0.717) is 29.6 Å². The number of nitrogens with zero attached hydrogens (tertiary/aromatic N) is 6. The van der Waals surface area contributed by atoms with E-state index in [9.17, 15) is 9.59 Å². The number of carbonyl (C=O) groups excluding carboxylic acids is 1. The second kappa shape index (κ2) is 6.99. The fourth-order valence-electron chi connectivity index (χ4n) is 3.48. The van der Waals surface area contributed by atoms with E-state index in [1.165, 1.54) is 10.9 Å². The van der Waals surface area contributed by atoms with Crippen molar-refractivity contribution in [2.45, 2.75) is 25.3 Å². The summed E-state index contributed by atoms with van der Waals surface area (Å²) >= 11 is 5.93. The molecule has 140 valence electrons. The number of aromatic nitrogens is 5. The summed E-state index contributed by atoms with van der Waals surface area (Å²) in [7, 11) is 0. The van der Waals surface area contributed by atoms with Gasteiger partial charge in [-0.15, -0.1) is 0 Å². The topological polar surface area (TPSA) is 106 Å². The van der Waals surface area contributed by atoms with Gasteiger partial charge < -0.3 is 10.0 Å². The molecular weight excluding hydrogens is 372 g/mol. The van der Waals surface area contributed by atoms with E-state index in [1.807, 2.05) is 6.07 Å². The molecule has 1 fully saturated rings. The summed E-state index contributed by atoms with van der Waals surface area (Å²) in [6.07, 6.45) is 8.05. The number of aliphatic carboxylic acids is 1. The minimum atomic E-state index is -0.945. The van der Waals surface area contributed by atoms with Gasteiger partial charge >= 0.3 is 5.97 Å². The first-order valence-corrected chi connectivity index (χ1v) is 8.92. The second-order valence-electron chi connectivity index (χ2n) is 6.50. The lowest BCUT2D eigenvalue weighted by Gasteiger charge is -2.32. The van der Waals surface area contributed by atoms with Gasteiger partial charge in [0.2, 0.25) is 5.78 Å². The van der Waals surface area contributed by atoms with Crippen LogP contribution in [0.15, 0.2) is 30.9 Å². The highest BCUT2D eigenvalue weighted by atomic mass is 35.5. The van der Waals surface area contributed by atoms with Crippen molar-refractivity contribution in [3.63, 3.8) is 0 Å². The Hall–Kier alpha value is -2.94. The second-order valence-corrected chi connectivity index (χ2v) is 6.94. The summed E-state index contributed by atoms with van der Waals surface area (Å²) in [5.74, 6) is -0.671. The van der Waals surface area contributed by atoms with Crippen molar-refractivity contribution in [3.8, 4) is 0 Å². The van der Waals surface area contributed by atoms with E-state index in [-0.39, 0.29) is 18.4 Å². The van der Waals surface area contributed by atoms with Gasteiger partial charge in [0.25, 0.3) is 5.91 Å². The number of hydrogen-bond acceptors (Lipinski definition) is 5. The summed E-state index contributed by atoms with van der Waals surface area (Å²) in [5.41, 5.74) is 1.14. The van der Waals surface area contributed by atoms with Crippen LogP contribution in [0.4, 0.5) is 0 Å². The van der Waals surface area contributed by atoms with Gasteiger partial charge in [-0.05, 0) is 18.9 Å². The lowest BCUT2D eigenvalue weighted by Crippen LogP contribution is -2.39. The molecule has 0 saturated carbocycles.